The van der Waals surface area contributed by atoms with E-state index in [0.29, 0.717) is 10.6 Å². The Balaban J connectivity index is 2.41. The molecule has 1 heterocycles. The summed E-state index contributed by atoms with van der Waals surface area (Å²) in [5.74, 6) is -0.939. The van der Waals surface area contributed by atoms with Crippen LogP contribution in [0, 0.1) is 0 Å². The van der Waals surface area contributed by atoms with Crippen LogP contribution in [0.5, 0.6) is 0 Å². The zero-order chi connectivity index (χ0) is 21.3. The Morgan fingerprint density at radius 1 is 1.17 bits per heavy atom. The van der Waals surface area contributed by atoms with Gasteiger partial charge in [0.2, 0.25) is 0 Å². The van der Waals surface area contributed by atoms with Gasteiger partial charge in [-0.2, -0.15) is 13.2 Å². The van der Waals surface area contributed by atoms with Crippen LogP contribution in [0.15, 0.2) is 41.2 Å². The number of carbonyl (C=O) groups excluding carboxylic acids is 1. The van der Waals surface area contributed by atoms with Crippen molar-refractivity contribution < 1.29 is 22.7 Å². The van der Waals surface area contributed by atoms with Crippen molar-refractivity contribution in [1.29, 1.82) is 0 Å². The van der Waals surface area contributed by atoms with Gasteiger partial charge in [0.15, 0.2) is 0 Å². The Kier molecular flexibility index (Phi) is 5.91. The number of hydrogen-bond donors (Lipinski definition) is 1. The van der Waals surface area contributed by atoms with Gasteiger partial charge in [-0.3, -0.25) is 4.79 Å². The van der Waals surface area contributed by atoms with Crippen LogP contribution in [0.25, 0.3) is 10.9 Å². The topological polar surface area (TPSA) is 59.2 Å². The van der Waals surface area contributed by atoms with Crippen LogP contribution in [0.3, 0.4) is 0 Å². The summed E-state index contributed by atoms with van der Waals surface area (Å²) in [4.78, 5) is 27.2. The quantitative estimate of drug-likeness (QED) is 0.532. The third-order valence-electron chi connectivity index (χ3n) is 4.31. The van der Waals surface area contributed by atoms with Gasteiger partial charge >= 0.3 is 12.1 Å². The fourth-order valence-corrected chi connectivity index (χ4v) is 3.51. The fourth-order valence-electron chi connectivity index (χ4n) is 3.09. The summed E-state index contributed by atoms with van der Waals surface area (Å²) in [6, 6.07) is 8.63. The van der Waals surface area contributed by atoms with E-state index in [-0.39, 0.29) is 34.6 Å². The first-order valence-electron chi connectivity index (χ1n) is 8.49. The van der Waals surface area contributed by atoms with Crippen molar-refractivity contribution in [2.24, 2.45) is 0 Å². The highest BCUT2D eigenvalue weighted by Gasteiger charge is 2.35. The minimum Gasteiger partial charge on any atom is -0.462 e. The third kappa shape index (κ3) is 4.26. The molecule has 3 rings (SSSR count). The Hall–Kier alpha value is -2.51. The molecule has 0 saturated heterocycles. The predicted molar refractivity (Wildman–Crippen MR) is 105 cm³/mol. The van der Waals surface area contributed by atoms with Crippen LogP contribution < -0.4 is 5.56 Å². The van der Waals surface area contributed by atoms with E-state index in [2.05, 4.69) is 4.98 Å². The molecular weight excluding hydrogens is 430 g/mol. The number of rotatable bonds is 4. The van der Waals surface area contributed by atoms with Crippen molar-refractivity contribution in [2.75, 3.05) is 6.61 Å². The molecule has 0 bridgehead atoms. The van der Waals surface area contributed by atoms with Crippen molar-refractivity contribution in [1.82, 2.24) is 4.98 Å². The number of hydrogen-bond acceptors (Lipinski definition) is 3. The number of ether oxygens (including phenoxy) is 1. The standard InChI is InChI=1S/C20H14Cl2F3NO3/c1-2-29-19(28)16-12(7-10-5-3-4-6-15(10)22)13-8-11(21)9-14(20(23,24)25)17(13)26-18(16)27/h3-6,8-9H,2,7H2,1H3,(H,26,27). The van der Waals surface area contributed by atoms with Crippen LogP contribution in [0.2, 0.25) is 10.0 Å². The number of H-pyrrole nitrogens is 1. The predicted octanol–water partition coefficient (Wildman–Crippen LogP) is 5.62. The first-order valence-corrected chi connectivity index (χ1v) is 9.25. The lowest BCUT2D eigenvalue weighted by molar-refractivity contribution is -0.136. The lowest BCUT2D eigenvalue weighted by Crippen LogP contribution is -2.24. The Bertz CT molecular complexity index is 1160. The number of aromatic amines is 1. The number of esters is 1. The third-order valence-corrected chi connectivity index (χ3v) is 4.89. The van der Waals surface area contributed by atoms with Gasteiger partial charge < -0.3 is 9.72 Å². The van der Waals surface area contributed by atoms with Crippen LogP contribution in [0.1, 0.15) is 34.0 Å². The number of nitrogens with one attached hydrogen (secondary N) is 1. The number of halogens is 5. The maximum absolute atomic E-state index is 13.5. The number of benzene rings is 2. The lowest BCUT2D eigenvalue weighted by atomic mass is 9.95. The van der Waals surface area contributed by atoms with Crippen molar-refractivity contribution in [2.45, 2.75) is 19.5 Å². The van der Waals surface area contributed by atoms with Crippen LogP contribution in [-0.4, -0.2) is 17.6 Å². The molecule has 1 N–H and O–H groups in total. The second-order valence-electron chi connectivity index (χ2n) is 6.17. The number of fused-ring (bicyclic) bond motifs is 1. The average Bonchev–Trinajstić information content (AvgIpc) is 2.63. The second-order valence-corrected chi connectivity index (χ2v) is 7.01. The van der Waals surface area contributed by atoms with E-state index in [4.69, 9.17) is 27.9 Å². The lowest BCUT2D eigenvalue weighted by Gasteiger charge is -2.16. The van der Waals surface area contributed by atoms with Gasteiger partial charge in [0.1, 0.15) is 5.56 Å². The highest BCUT2D eigenvalue weighted by atomic mass is 35.5. The van der Waals surface area contributed by atoms with E-state index in [9.17, 15) is 22.8 Å². The summed E-state index contributed by atoms with van der Waals surface area (Å²) in [5.41, 5.74) is -2.33. The summed E-state index contributed by atoms with van der Waals surface area (Å²) < 4.78 is 45.6. The monoisotopic (exact) mass is 443 g/mol. The first-order chi connectivity index (χ1) is 13.6. The smallest absolute Gasteiger partial charge is 0.418 e. The Morgan fingerprint density at radius 3 is 2.48 bits per heavy atom. The van der Waals surface area contributed by atoms with E-state index in [1.807, 2.05) is 0 Å². The van der Waals surface area contributed by atoms with Crippen molar-refractivity contribution >= 4 is 40.1 Å². The summed E-state index contributed by atoms with van der Waals surface area (Å²) in [7, 11) is 0. The zero-order valence-corrected chi connectivity index (χ0v) is 16.5. The van der Waals surface area contributed by atoms with Crippen molar-refractivity contribution in [3.8, 4) is 0 Å². The largest absolute Gasteiger partial charge is 0.462 e. The van der Waals surface area contributed by atoms with Gasteiger partial charge in [-0.15, -0.1) is 0 Å². The van der Waals surface area contributed by atoms with E-state index < -0.39 is 28.8 Å². The molecule has 0 fully saturated rings. The van der Waals surface area contributed by atoms with Crippen molar-refractivity contribution in [3.05, 3.63) is 79.1 Å². The molecule has 3 aromatic rings. The molecule has 2 aromatic carbocycles. The second kappa shape index (κ2) is 8.08. The molecule has 0 radical (unpaired) electrons. The molecule has 0 aliphatic carbocycles. The summed E-state index contributed by atoms with van der Waals surface area (Å²) in [6.07, 6.45) is -4.83. The molecular formula is C20H14Cl2F3NO3. The summed E-state index contributed by atoms with van der Waals surface area (Å²) in [6.45, 7) is 1.55. The normalized spacial score (nSPS) is 11.7. The van der Waals surface area contributed by atoms with E-state index in [0.717, 1.165) is 6.07 Å². The average molecular weight is 444 g/mol. The maximum Gasteiger partial charge on any atom is 0.418 e. The molecule has 9 heteroatoms. The Morgan fingerprint density at radius 2 is 1.86 bits per heavy atom. The molecule has 0 aliphatic heterocycles. The van der Waals surface area contributed by atoms with Crippen LogP contribution in [-0.2, 0) is 17.3 Å². The molecule has 0 saturated carbocycles. The number of alkyl halides is 3. The van der Waals surface area contributed by atoms with E-state index in [1.54, 1.807) is 31.2 Å². The SMILES string of the molecule is CCOC(=O)c1c(Cc2ccccc2Cl)c2cc(Cl)cc(C(F)(F)F)c2[nH]c1=O. The minimum absolute atomic E-state index is 0.00704. The molecule has 0 aliphatic rings. The number of carbonyl (C=O) groups is 1. The summed E-state index contributed by atoms with van der Waals surface area (Å²) >= 11 is 12.1. The maximum atomic E-state index is 13.5. The van der Waals surface area contributed by atoms with E-state index >= 15 is 0 Å². The molecule has 1 aromatic heterocycles. The van der Waals surface area contributed by atoms with Crippen LogP contribution >= 0.6 is 23.2 Å². The highest BCUT2D eigenvalue weighted by Crippen LogP contribution is 2.37. The Labute approximate surface area is 173 Å². The van der Waals surface area contributed by atoms with Gasteiger partial charge in [0.05, 0.1) is 17.7 Å². The fraction of sp³-hybridized carbons (Fsp3) is 0.200. The summed E-state index contributed by atoms with van der Waals surface area (Å²) in [5, 5.41) is 0.147. The first kappa shape index (κ1) is 21.2. The molecule has 29 heavy (non-hydrogen) atoms. The van der Waals surface area contributed by atoms with E-state index in [1.165, 1.54) is 6.07 Å². The van der Waals surface area contributed by atoms with Gasteiger partial charge in [0.25, 0.3) is 5.56 Å². The molecule has 152 valence electrons. The molecule has 0 spiro atoms. The number of aromatic nitrogens is 1. The number of pyridine rings is 1. The highest BCUT2D eigenvalue weighted by molar-refractivity contribution is 6.32. The van der Waals surface area contributed by atoms with Gasteiger partial charge in [-0.1, -0.05) is 41.4 Å². The van der Waals surface area contributed by atoms with Crippen molar-refractivity contribution in [3.63, 3.8) is 0 Å². The zero-order valence-electron chi connectivity index (χ0n) is 15.0. The van der Waals surface area contributed by atoms with Gasteiger partial charge in [-0.25, -0.2) is 4.79 Å². The van der Waals surface area contributed by atoms with Gasteiger partial charge in [0, 0.05) is 21.9 Å². The minimum atomic E-state index is -4.76. The molecule has 4 nitrogen and oxygen atoms in total. The van der Waals surface area contributed by atoms with Gasteiger partial charge in [-0.05, 0) is 36.2 Å². The molecule has 0 amide bonds. The molecule has 0 atom stereocenters. The van der Waals surface area contributed by atoms with Crippen LogP contribution in [0.4, 0.5) is 13.2 Å². The molecule has 0 unspecified atom stereocenters.